The topological polar surface area (TPSA) is 58.6 Å². The normalized spacial score (nSPS) is 19.1. The van der Waals surface area contributed by atoms with Crippen LogP contribution < -0.4 is 10.1 Å². The Hall–Kier alpha value is -1.55. The highest BCUT2D eigenvalue weighted by molar-refractivity contribution is 5.73. The summed E-state index contributed by atoms with van der Waals surface area (Å²) in [6.07, 6.45) is 3.76. The van der Waals surface area contributed by atoms with Gasteiger partial charge in [0.25, 0.3) is 0 Å². The third-order valence-electron chi connectivity index (χ3n) is 4.07. The minimum atomic E-state index is -0.765. The number of carbonyl (C=O) groups is 1. The molecule has 0 spiro atoms. The molecule has 2 rings (SSSR count). The van der Waals surface area contributed by atoms with Gasteiger partial charge in [-0.05, 0) is 54.9 Å². The molecule has 4 nitrogen and oxygen atoms in total. The summed E-state index contributed by atoms with van der Waals surface area (Å²) in [4.78, 5) is 11.5. The van der Waals surface area contributed by atoms with Gasteiger partial charge in [0.05, 0.1) is 7.11 Å². The molecule has 0 bridgehead atoms. The number of carboxylic acid groups (broad SMARTS) is 1. The molecule has 2 N–H and O–H groups in total. The number of hydrogen-bond donors (Lipinski definition) is 2. The fourth-order valence-electron chi connectivity index (χ4n) is 3.03. The summed E-state index contributed by atoms with van der Waals surface area (Å²) in [5, 5.41) is 12.8. The van der Waals surface area contributed by atoms with Crippen molar-refractivity contribution in [2.75, 3.05) is 7.11 Å². The predicted molar refractivity (Wildman–Crippen MR) is 82.7 cm³/mol. The maximum absolute atomic E-state index is 11.5. The Labute approximate surface area is 126 Å². The van der Waals surface area contributed by atoms with Crippen molar-refractivity contribution in [2.45, 2.75) is 51.6 Å². The Morgan fingerprint density at radius 1 is 1.48 bits per heavy atom. The molecule has 2 atom stereocenters. The summed E-state index contributed by atoms with van der Waals surface area (Å²) < 4.78 is 5.30. The molecule has 4 heteroatoms. The number of aryl methyl sites for hydroxylation is 1. The largest absolute Gasteiger partial charge is 0.497 e. The van der Waals surface area contributed by atoms with Gasteiger partial charge >= 0.3 is 5.97 Å². The van der Waals surface area contributed by atoms with Gasteiger partial charge in [-0.3, -0.25) is 10.1 Å². The first-order valence-electron chi connectivity index (χ1n) is 7.67. The first kappa shape index (κ1) is 15.8. The molecule has 2 unspecified atom stereocenters. The van der Waals surface area contributed by atoms with E-state index in [1.165, 1.54) is 11.1 Å². The van der Waals surface area contributed by atoms with Gasteiger partial charge < -0.3 is 9.84 Å². The van der Waals surface area contributed by atoms with E-state index in [1.807, 2.05) is 12.1 Å². The Morgan fingerprint density at radius 3 is 2.86 bits per heavy atom. The summed E-state index contributed by atoms with van der Waals surface area (Å²) in [6, 6.07) is 5.72. The van der Waals surface area contributed by atoms with Crippen LogP contribution in [-0.2, 0) is 11.2 Å². The summed E-state index contributed by atoms with van der Waals surface area (Å²) in [5.41, 5.74) is 2.49. The van der Waals surface area contributed by atoms with E-state index in [9.17, 15) is 9.90 Å². The number of aliphatic carboxylic acids is 1. The first-order valence-corrected chi connectivity index (χ1v) is 7.67. The van der Waals surface area contributed by atoms with Crippen LogP contribution in [0, 0.1) is 5.92 Å². The Balaban J connectivity index is 2.19. The van der Waals surface area contributed by atoms with Crippen molar-refractivity contribution >= 4 is 5.97 Å². The molecule has 116 valence electrons. The third kappa shape index (κ3) is 3.97. The molecule has 1 aromatic rings. The van der Waals surface area contributed by atoms with Crippen LogP contribution in [0.3, 0.4) is 0 Å². The maximum atomic E-state index is 11.5. The molecule has 1 aliphatic carbocycles. The lowest BCUT2D eigenvalue weighted by atomic mass is 9.86. The van der Waals surface area contributed by atoms with Crippen LogP contribution in [0.2, 0.25) is 0 Å². The summed E-state index contributed by atoms with van der Waals surface area (Å²) in [6.45, 7) is 4.10. The number of carboxylic acids is 1. The summed E-state index contributed by atoms with van der Waals surface area (Å²) in [5.74, 6) is 0.420. The maximum Gasteiger partial charge on any atom is 0.320 e. The zero-order valence-electron chi connectivity index (χ0n) is 13.1. The second-order valence-electron chi connectivity index (χ2n) is 6.20. The number of benzene rings is 1. The van der Waals surface area contributed by atoms with E-state index in [-0.39, 0.29) is 6.04 Å². The lowest BCUT2D eigenvalue weighted by Gasteiger charge is -2.30. The molecule has 0 aliphatic heterocycles. The number of ether oxygens (including phenoxy) is 1. The van der Waals surface area contributed by atoms with E-state index >= 15 is 0 Å². The summed E-state index contributed by atoms with van der Waals surface area (Å²) >= 11 is 0. The molecule has 0 radical (unpaired) electrons. The molecule has 0 aromatic heterocycles. The highest BCUT2D eigenvalue weighted by atomic mass is 16.5. The number of methoxy groups -OCH3 is 1. The van der Waals surface area contributed by atoms with Crippen LogP contribution >= 0.6 is 0 Å². The molecule has 0 heterocycles. The second-order valence-corrected chi connectivity index (χ2v) is 6.20. The molecule has 0 amide bonds. The Kier molecular flexibility index (Phi) is 5.23. The minimum absolute atomic E-state index is 0.101. The monoisotopic (exact) mass is 291 g/mol. The van der Waals surface area contributed by atoms with Gasteiger partial charge in [0.2, 0.25) is 0 Å². The van der Waals surface area contributed by atoms with E-state index in [2.05, 4.69) is 25.2 Å². The lowest BCUT2D eigenvalue weighted by molar-refractivity contribution is -0.140. The molecule has 1 aromatic carbocycles. The fourth-order valence-corrected chi connectivity index (χ4v) is 3.03. The zero-order chi connectivity index (χ0) is 15.4. The van der Waals surface area contributed by atoms with Crippen LogP contribution in [0.25, 0.3) is 0 Å². The van der Waals surface area contributed by atoms with Crippen molar-refractivity contribution in [2.24, 2.45) is 5.92 Å². The van der Waals surface area contributed by atoms with Crippen molar-refractivity contribution in [3.63, 3.8) is 0 Å². The highest BCUT2D eigenvalue weighted by Gasteiger charge is 2.27. The predicted octanol–water partition coefficient (Wildman–Crippen LogP) is 3.16. The van der Waals surface area contributed by atoms with Crippen LogP contribution in [0.5, 0.6) is 5.75 Å². The standard InChI is InChI=1S/C17H25NO3/c1-11(2)9-16(17(19)20)18-15-6-4-5-12-7-8-13(21-3)10-14(12)15/h7-8,10-11,15-16,18H,4-6,9H2,1-3H3,(H,19,20). The smallest absolute Gasteiger partial charge is 0.320 e. The Bertz CT molecular complexity index is 499. The van der Waals surface area contributed by atoms with Crippen molar-refractivity contribution in [3.05, 3.63) is 29.3 Å². The van der Waals surface area contributed by atoms with Crippen molar-refractivity contribution in [3.8, 4) is 5.75 Å². The minimum Gasteiger partial charge on any atom is -0.497 e. The number of rotatable bonds is 6. The average molecular weight is 291 g/mol. The van der Waals surface area contributed by atoms with Crippen LogP contribution in [-0.4, -0.2) is 24.2 Å². The third-order valence-corrected chi connectivity index (χ3v) is 4.07. The Morgan fingerprint density at radius 2 is 2.24 bits per heavy atom. The van der Waals surface area contributed by atoms with Gasteiger partial charge in [-0.25, -0.2) is 0 Å². The van der Waals surface area contributed by atoms with E-state index in [1.54, 1.807) is 7.11 Å². The van der Waals surface area contributed by atoms with Crippen molar-refractivity contribution in [1.29, 1.82) is 0 Å². The van der Waals surface area contributed by atoms with Gasteiger partial charge in [-0.1, -0.05) is 19.9 Å². The number of fused-ring (bicyclic) bond motifs is 1. The van der Waals surface area contributed by atoms with E-state index in [4.69, 9.17) is 4.74 Å². The van der Waals surface area contributed by atoms with E-state index in [0.717, 1.165) is 25.0 Å². The zero-order valence-corrected chi connectivity index (χ0v) is 13.1. The van der Waals surface area contributed by atoms with Crippen molar-refractivity contribution in [1.82, 2.24) is 5.32 Å². The van der Waals surface area contributed by atoms with Gasteiger partial charge in [0, 0.05) is 6.04 Å². The average Bonchev–Trinajstić information content (AvgIpc) is 2.45. The van der Waals surface area contributed by atoms with Crippen molar-refractivity contribution < 1.29 is 14.6 Å². The first-order chi connectivity index (χ1) is 10.0. The van der Waals surface area contributed by atoms with Gasteiger partial charge in [-0.15, -0.1) is 0 Å². The second kappa shape index (κ2) is 6.94. The molecule has 21 heavy (non-hydrogen) atoms. The SMILES string of the molecule is COc1ccc2c(c1)C(NC(CC(C)C)C(=O)O)CCC2. The molecule has 0 saturated heterocycles. The van der Waals surface area contributed by atoms with Gasteiger partial charge in [-0.2, -0.15) is 0 Å². The van der Waals surface area contributed by atoms with Gasteiger partial charge in [0.15, 0.2) is 0 Å². The number of nitrogens with one attached hydrogen (secondary N) is 1. The quantitative estimate of drug-likeness (QED) is 0.845. The molecular formula is C17H25NO3. The van der Waals surface area contributed by atoms with Crippen LogP contribution in [0.1, 0.15) is 50.3 Å². The molecule has 1 aliphatic rings. The lowest BCUT2D eigenvalue weighted by Crippen LogP contribution is -2.41. The molecular weight excluding hydrogens is 266 g/mol. The van der Waals surface area contributed by atoms with Crippen LogP contribution in [0.4, 0.5) is 0 Å². The van der Waals surface area contributed by atoms with E-state index in [0.29, 0.717) is 12.3 Å². The fraction of sp³-hybridized carbons (Fsp3) is 0.588. The van der Waals surface area contributed by atoms with Gasteiger partial charge in [0.1, 0.15) is 11.8 Å². The molecule has 0 fully saturated rings. The summed E-state index contributed by atoms with van der Waals surface area (Å²) in [7, 11) is 1.66. The van der Waals surface area contributed by atoms with E-state index < -0.39 is 12.0 Å². The highest BCUT2D eigenvalue weighted by Crippen LogP contribution is 2.33. The molecule has 0 saturated carbocycles. The number of hydrogen-bond acceptors (Lipinski definition) is 3. The van der Waals surface area contributed by atoms with Crippen LogP contribution in [0.15, 0.2) is 18.2 Å².